The zero-order chi connectivity index (χ0) is 21.0. The number of furan rings is 1. The Hall–Kier alpha value is -3.36. The number of ether oxygens (including phenoxy) is 2. The van der Waals surface area contributed by atoms with Crippen molar-refractivity contribution < 1.29 is 28.4 Å². The molecule has 0 bridgehead atoms. The van der Waals surface area contributed by atoms with Crippen LogP contribution in [0, 0.1) is 10.1 Å². The molecule has 1 fully saturated rings. The van der Waals surface area contributed by atoms with E-state index < -0.39 is 16.9 Å². The predicted octanol–water partition coefficient (Wildman–Crippen LogP) is 3.81. The standard InChI is InChI=1S/C20H22N2O7/c1-3-28-19(23)16-12-14(18(29-16)20(24)27-2)13-8-7-9-15(17(13)22(25)26)21-10-5-4-6-11-21/h7-9,12H,3-6,10-11H2,1-2H3. The average Bonchev–Trinajstić information content (AvgIpc) is 3.19. The number of methoxy groups -OCH3 is 1. The molecule has 2 heterocycles. The van der Waals surface area contributed by atoms with Gasteiger partial charge in [0.2, 0.25) is 11.5 Å². The Morgan fingerprint density at radius 1 is 1.17 bits per heavy atom. The first-order chi connectivity index (χ1) is 14.0. The second kappa shape index (κ2) is 8.76. The number of rotatable bonds is 6. The van der Waals surface area contributed by atoms with E-state index in [2.05, 4.69) is 0 Å². The van der Waals surface area contributed by atoms with Crippen molar-refractivity contribution in [2.24, 2.45) is 0 Å². The number of hydrogen-bond donors (Lipinski definition) is 0. The molecular formula is C20H22N2O7. The van der Waals surface area contributed by atoms with Crippen molar-refractivity contribution >= 4 is 23.3 Å². The van der Waals surface area contributed by atoms with Gasteiger partial charge in [-0.1, -0.05) is 6.07 Å². The van der Waals surface area contributed by atoms with E-state index in [4.69, 9.17) is 13.9 Å². The van der Waals surface area contributed by atoms with E-state index in [0.29, 0.717) is 18.8 Å². The quantitative estimate of drug-likeness (QED) is 0.407. The molecule has 9 heteroatoms. The fourth-order valence-corrected chi connectivity index (χ4v) is 3.47. The molecule has 29 heavy (non-hydrogen) atoms. The van der Waals surface area contributed by atoms with Crippen LogP contribution in [0.3, 0.4) is 0 Å². The molecule has 1 aliphatic rings. The topological polar surface area (TPSA) is 112 Å². The molecule has 154 valence electrons. The Morgan fingerprint density at radius 3 is 2.52 bits per heavy atom. The normalized spacial score (nSPS) is 13.8. The van der Waals surface area contributed by atoms with Gasteiger partial charge in [0.25, 0.3) is 5.69 Å². The lowest BCUT2D eigenvalue weighted by Gasteiger charge is -2.28. The monoisotopic (exact) mass is 402 g/mol. The summed E-state index contributed by atoms with van der Waals surface area (Å²) in [7, 11) is 1.16. The smallest absolute Gasteiger partial charge is 0.374 e. The van der Waals surface area contributed by atoms with Gasteiger partial charge in [-0.2, -0.15) is 0 Å². The van der Waals surface area contributed by atoms with Gasteiger partial charge < -0.3 is 18.8 Å². The second-order valence-corrected chi connectivity index (χ2v) is 6.54. The Labute approximate surface area is 167 Å². The van der Waals surface area contributed by atoms with E-state index >= 15 is 0 Å². The Bertz CT molecular complexity index is 929. The van der Waals surface area contributed by atoms with Gasteiger partial charge in [0.1, 0.15) is 5.69 Å². The largest absolute Gasteiger partial charge is 0.463 e. The fourth-order valence-electron chi connectivity index (χ4n) is 3.47. The van der Waals surface area contributed by atoms with Gasteiger partial charge in [-0.25, -0.2) is 9.59 Å². The molecule has 0 unspecified atom stereocenters. The number of piperidine rings is 1. The second-order valence-electron chi connectivity index (χ2n) is 6.54. The van der Waals surface area contributed by atoms with Gasteiger partial charge >= 0.3 is 11.9 Å². The number of esters is 2. The van der Waals surface area contributed by atoms with Crippen LogP contribution in [-0.4, -0.2) is 43.7 Å². The number of anilines is 1. The van der Waals surface area contributed by atoms with E-state index in [1.165, 1.54) is 12.1 Å². The molecule has 2 aromatic rings. The molecule has 0 N–H and O–H groups in total. The van der Waals surface area contributed by atoms with Crippen LogP contribution >= 0.6 is 0 Å². The summed E-state index contributed by atoms with van der Waals surface area (Å²) in [5, 5.41) is 12.0. The van der Waals surface area contributed by atoms with Crippen molar-refractivity contribution in [3.8, 4) is 11.1 Å². The van der Waals surface area contributed by atoms with E-state index in [9.17, 15) is 19.7 Å². The highest BCUT2D eigenvalue weighted by molar-refractivity contribution is 6.00. The third kappa shape index (κ3) is 4.08. The maximum Gasteiger partial charge on any atom is 0.374 e. The Morgan fingerprint density at radius 2 is 1.90 bits per heavy atom. The van der Waals surface area contributed by atoms with Crippen LogP contribution in [0.25, 0.3) is 11.1 Å². The first-order valence-corrected chi connectivity index (χ1v) is 9.39. The molecule has 1 aliphatic heterocycles. The van der Waals surface area contributed by atoms with Crippen LogP contribution in [0.2, 0.25) is 0 Å². The summed E-state index contributed by atoms with van der Waals surface area (Å²) in [6.07, 6.45) is 2.99. The van der Waals surface area contributed by atoms with Crippen LogP contribution in [0.1, 0.15) is 47.3 Å². The highest BCUT2D eigenvalue weighted by Gasteiger charge is 2.31. The van der Waals surface area contributed by atoms with E-state index in [-0.39, 0.29) is 34.9 Å². The van der Waals surface area contributed by atoms with Gasteiger partial charge in [0, 0.05) is 24.7 Å². The Balaban J connectivity index is 2.17. The first-order valence-electron chi connectivity index (χ1n) is 9.39. The highest BCUT2D eigenvalue weighted by Crippen LogP contribution is 2.41. The zero-order valence-corrected chi connectivity index (χ0v) is 16.3. The lowest BCUT2D eigenvalue weighted by molar-refractivity contribution is -0.383. The van der Waals surface area contributed by atoms with Crippen molar-refractivity contribution in [1.82, 2.24) is 0 Å². The number of nitro groups is 1. The zero-order valence-electron chi connectivity index (χ0n) is 16.3. The summed E-state index contributed by atoms with van der Waals surface area (Å²) in [6.45, 7) is 3.18. The van der Waals surface area contributed by atoms with Gasteiger partial charge in [-0.05, 0) is 38.3 Å². The minimum atomic E-state index is -0.840. The molecule has 1 aromatic heterocycles. The number of carbonyl (C=O) groups is 2. The van der Waals surface area contributed by atoms with Crippen molar-refractivity contribution in [3.63, 3.8) is 0 Å². The minimum Gasteiger partial charge on any atom is -0.463 e. The molecule has 1 saturated heterocycles. The van der Waals surface area contributed by atoms with Crippen molar-refractivity contribution in [2.45, 2.75) is 26.2 Å². The van der Waals surface area contributed by atoms with Crippen LogP contribution in [0.5, 0.6) is 0 Å². The fraction of sp³-hybridized carbons (Fsp3) is 0.400. The lowest BCUT2D eigenvalue weighted by atomic mass is 10.0. The van der Waals surface area contributed by atoms with Crippen molar-refractivity contribution in [1.29, 1.82) is 0 Å². The molecule has 0 aliphatic carbocycles. The molecule has 0 spiro atoms. The number of nitro benzene ring substituents is 1. The average molecular weight is 402 g/mol. The maximum absolute atomic E-state index is 12.2. The molecule has 3 rings (SSSR count). The molecule has 9 nitrogen and oxygen atoms in total. The summed E-state index contributed by atoms with van der Waals surface area (Å²) in [5.41, 5.74) is 0.626. The highest BCUT2D eigenvalue weighted by atomic mass is 16.6. The van der Waals surface area contributed by atoms with Crippen LogP contribution in [0.15, 0.2) is 28.7 Å². The summed E-state index contributed by atoms with van der Waals surface area (Å²) >= 11 is 0. The summed E-state index contributed by atoms with van der Waals surface area (Å²) < 4.78 is 15.0. The molecule has 0 radical (unpaired) electrons. The number of carbonyl (C=O) groups excluding carboxylic acids is 2. The molecule has 0 amide bonds. The summed E-state index contributed by atoms with van der Waals surface area (Å²) in [6, 6.07) is 6.19. The van der Waals surface area contributed by atoms with E-state index in [1.54, 1.807) is 19.1 Å². The number of para-hydroxylation sites is 1. The number of nitrogens with zero attached hydrogens (tertiary/aromatic N) is 2. The van der Waals surface area contributed by atoms with Gasteiger partial charge in [-0.15, -0.1) is 0 Å². The van der Waals surface area contributed by atoms with Gasteiger partial charge in [0.15, 0.2) is 0 Å². The van der Waals surface area contributed by atoms with Crippen molar-refractivity contribution in [3.05, 3.63) is 45.9 Å². The predicted molar refractivity (Wildman–Crippen MR) is 104 cm³/mol. The lowest BCUT2D eigenvalue weighted by Crippen LogP contribution is -2.30. The van der Waals surface area contributed by atoms with E-state index in [0.717, 1.165) is 26.4 Å². The number of hydrogen-bond acceptors (Lipinski definition) is 8. The molecule has 0 atom stereocenters. The third-order valence-corrected chi connectivity index (χ3v) is 4.76. The third-order valence-electron chi connectivity index (χ3n) is 4.76. The maximum atomic E-state index is 12.2. The van der Waals surface area contributed by atoms with Gasteiger partial charge in [0.05, 0.1) is 24.2 Å². The summed E-state index contributed by atoms with van der Waals surface area (Å²) in [5.74, 6) is -2.11. The Kier molecular flexibility index (Phi) is 6.16. The van der Waals surface area contributed by atoms with Crippen LogP contribution in [0.4, 0.5) is 11.4 Å². The molecular weight excluding hydrogens is 380 g/mol. The molecule has 1 aromatic carbocycles. The van der Waals surface area contributed by atoms with Crippen LogP contribution in [-0.2, 0) is 9.47 Å². The molecule has 0 saturated carbocycles. The number of benzene rings is 1. The van der Waals surface area contributed by atoms with Crippen molar-refractivity contribution in [2.75, 3.05) is 31.7 Å². The minimum absolute atomic E-state index is 0.116. The van der Waals surface area contributed by atoms with E-state index in [1.807, 2.05) is 4.90 Å². The van der Waals surface area contributed by atoms with Crippen LogP contribution < -0.4 is 4.90 Å². The SMILES string of the molecule is CCOC(=O)c1cc(-c2cccc(N3CCCCC3)c2[N+](=O)[O-])c(C(=O)OC)o1. The summed E-state index contributed by atoms with van der Waals surface area (Å²) in [4.78, 5) is 37.8. The van der Waals surface area contributed by atoms with Gasteiger partial charge in [-0.3, -0.25) is 10.1 Å². The first kappa shape index (κ1) is 20.4.